The third-order valence-corrected chi connectivity index (χ3v) is 6.20. The first-order valence-corrected chi connectivity index (χ1v) is 11.4. The highest BCUT2D eigenvalue weighted by Crippen LogP contribution is 2.22. The van der Waals surface area contributed by atoms with Crippen molar-refractivity contribution in [2.75, 3.05) is 18.1 Å². The fourth-order valence-corrected chi connectivity index (χ4v) is 3.91. The highest BCUT2D eigenvalue weighted by Gasteiger charge is 2.15. The number of nitrogens with zero attached hydrogens (tertiary/aromatic N) is 2. The molecule has 0 spiro atoms. The number of ether oxygens (including phenoxy) is 1. The van der Waals surface area contributed by atoms with Crippen molar-refractivity contribution < 1.29 is 21.6 Å². The number of sulfonamides is 1. The van der Waals surface area contributed by atoms with E-state index in [1.807, 2.05) is 0 Å². The van der Waals surface area contributed by atoms with E-state index in [-0.39, 0.29) is 9.92 Å². The molecule has 0 radical (unpaired) electrons. The van der Waals surface area contributed by atoms with Crippen LogP contribution in [0.3, 0.4) is 0 Å². The summed E-state index contributed by atoms with van der Waals surface area (Å²) in [5.41, 5.74) is 1.51. The maximum Gasteiger partial charge on any atom is 0.261 e. The van der Waals surface area contributed by atoms with Gasteiger partial charge in [0.25, 0.3) is 10.0 Å². The summed E-state index contributed by atoms with van der Waals surface area (Å²) in [4.78, 5) is 0.111. The van der Waals surface area contributed by atoms with Gasteiger partial charge in [0.1, 0.15) is 5.75 Å². The molecule has 1 aromatic heterocycles. The second-order valence-corrected chi connectivity index (χ2v) is 9.53. The fraction of sp³-hybridized carbons (Fsp3) is 0.111. The zero-order valence-corrected chi connectivity index (χ0v) is 16.7. The van der Waals surface area contributed by atoms with Crippen molar-refractivity contribution >= 4 is 25.5 Å². The molecule has 3 aromatic rings. The van der Waals surface area contributed by atoms with Crippen LogP contribution in [0.5, 0.6) is 5.75 Å². The average molecular weight is 419 g/mol. The number of benzene rings is 2. The third-order valence-electron chi connectivity index (χ3n) is 3.82. The lowest BCUT2D eigenvalue weighted by Gasteiger charge is -2.09. The lowest BCUT2D eigenvalue weighted by Crippen LogP contribution is -2.12. The van der Waals surface area contributed by atoms with E-state index in [4.69, 9.17) is 4.74 Å². The molecule has 0 saturated heterocycles. The predicted octanol–water partition coefficient (Wildman–Crippen LogP) is 2.36. The molecule has 0 aliphatic rings. The van der Waals surface area contributed by atoms with Crippen LogP contribution in [0.25, 0.3) is 11.3 Å². The van der Waals surface area contributed by atoms with Crippen molar-refractivity contribution in [1.82, 2.24) is 10.2 Å². The van der Waals surface area contributed by atoms with Gasteiger partial charge < -0.3 is 4.74 Å². The first-order chi connectivity index (χ1) is 13.2. The van der Waals surface area contributed by atoms with Crippen LogP contribution in [0, 0.1) is 0 Å². The summed E-state index contributed by atoms with van der Waals surface area (Å²) < 4.78 is 55.3. The van der Waals surface area contributed by atoms with E-state index in [2.05, 4.69) is 14.9 Å². The number of hydrogen-bond acceptors (Lipinski definition) is 7. The van der Waals surface area contributed by atoms with Crippen LogP contribution in [-0.2, 0) is 19.9 Å². The largest absolute Gasteiger partial charge is 0.497 e. The molecule has 1 heterocycles. The smallest absolute Gasteiger partial charge is 0.261 e. The number of aromatic nitrogens is 2. The van der Waals surface area contributed by atoms with Crippen LogP contribution in [0.2, 0.25) is 0 Å². The highest BCUT2D eigenvalue weighted by molar-refractivity contribution is 7.92. The van der Waals surface area contributed by atoms with E-state index in [1.54, 1.807) is 42.5 Å². The average Bonchev–Trinajstić information content (AvgIpc) is 2.68. The van der Waals surface area contributed by atoms with Crippen LogP contribution in [-0.4, -0.2) is 40.4 Å². The Morgan fingerprint density at radius 1 is 0.821 bits per heavy atom. The number of sulfone groups is 1. The van der Waals surface area contributed by atoms with Crippen LogP contribution < -0.4 is 9.46 Å². The van der Waals surface area contributed by atoms with Gasteiger partial charge in [-0.25, -0.2) is 16.8 Å². The van der Waals surface area contributed by atoms with Crippen molar-refractivity contribution in [3.8, 4) is 17.0 Å². The van der Waals surface area contributed by atoms with E-state index < -0.39 is 19.9 Å². The van der Waals surface area contributed by atoms with Gasteiger partial charge in [-0.15, -0.1) is 10.2 Å². The first-order valence-electron chi connectivity index (χ1n) is 8.00. The summed E-state index contributed by atoms with van der Waals surface area (Å²) in [6.07, 6.45) is 1.06. The quantitative estimate of drug-likeness (QED) is 0.652. The van der Waals surface area contributed by atoms with Gasteiger partial charge in [-0.3, -0.25) is 4.72 Å². The van der Waals surface area contributed by atoms with Crippen molar-refractivity contribution in [3.05, 3.63) is 60.7 Å². The molecule has 0 bridgehead atoms. The number of rotatable bonds is 6. The molecule has 0 fully saturated rings. The first kappa shape index (κ1) is 19.8. The van der Waals surface area contributed by atoms with Gasteiger partial charge in [0.15, 0.2) is 14.9 Å². The normalized spacial score (nSPS) is 11.8. The molecule has 3 rings (SSSR count). The maximum absolute atomic E-state index is 12.5. The molecule has 146 valence electrons. The zero-order valence-electron chi connectivity index (χ0n) is 15.0. The van der Waals surface area contributed by atoms with E-state index in [1.165, 1.54) is 25.3 Å². The zero-order chi connectivity index (χ0) is 20.4. The Bertz CT molecular complexity index is 1170. The summed E-state index contributed by atoms with van der Waals surface area (Å²) in [5.74, 6) is 0.561. The molecule has 10 heteroatoms. The predicted molar refractivity (Wildman–Crippen MR) is 104 cm³/mol. The van der Waals surface area contributed by atoms with Gasteiger partial charge in [-0.05, 0) is 48.5 Å². The molecule has 8 nitrogen and oxygen atoms in total. The summed E-state index contributed by atoms with van der Waals surface area (Å²) in [5, 5.41) is 7.50. The Hall–Kier alpha value is -2.98. The van der Waals surface area contributed by atoms with Gasteiger partial charge in [0, 0.05) is 17.5 Å². The van der Waals surface area contributed by atoms with E-state index in [0.29, 0.717) is 22.7 Å². The van der Waals surface area contributed by atoms with Crippen LogP contribution in [0.15, 0.2) is 70.6 Å². The minimum atomic E-state index is -3.74. The molecule has 0 atom stereocenters. The Morgan fingerprint density at radius 3 is 1.96 bits per heavy atom. The SMILES string of the molecule is COc1ccc(S(=O)(=O)Nc2ccc(-c3ccc(S(C)(=O)=O)nn3)cc2)cc1. The van der Waals surface area contributed by atoms with E-state index >= 15 is 0 Å². The number of hydrogen-bond donors (Lipinski definition) is 1. The van der Waals surface area contributed by atoms with Crippen molar-refractivity contribution in [2.24, 2.45) is 0 Å². The molecule has 0 saturated carbocycles. The van der Waals surface area contributed by atoms with Crippen molar-refractivity contribution in [2.45, 2.75) is 9.92 Å². The van der Waals surface area contributed by atoms with Crippen LogP contribution in [0.4, 0.5) is 5.69 Å². The van der Waals surface area contributed by atoms with Gasteiger partial charge in [-0.1, -0.05) is 12.1 Å². The van der Waals surface area contributed by atoms with Crippen molar-refractivity contribution in [1.29, 1.82) is 0 Å². The van der Waals surface area contributed by atoms with Crippen LogP contribution in [0.1, 0.15) is 0 Å². The molecule has 0 amide bonds. The summed E-state index contributed by atoms with van der Waals surface area (Å²) >= 11 is 0. The standard InChI is InChI=1S/C18H17N3O5S2/c1-26-15-7-9-16(10-8-15)28(24,25)21-14-5-3-13(4-6-14)17-11-12-18(20-19-17)27(2,22)23/h3-12,21H,1-2H3. The minimum absolute atomic E-state index is 0.111. The van der Waals surface area contributed by atoms with Gasteiger partial charge in [0.05, 0.1) is 17.7 Å². The monoisotopic (exact) mass is 419 g/mol. The second kappa shape index (κ2) is 7.56. The molecule has 1 N–H and O–H groups in total. The molecular formula is C18H17N3O5S2. The van der Waals surface area contributed by atoms with Crippen LogP contribution >= 0.6 is 0 Å². The van der Waals surface area contributed by atoms with Crippen molar-refractivity contribution in [3.63, 3.8) is 0 Å². The lowest BCUT2D eigenvalue weighted by molar-refractivity contribution is 0.414. The minimum Gasteiger partial charge on any atom is -0.497 e. The molecule has 0 aliphatic carbocycles. The Morgan fingerprint density at radius 2 is 1.46 bits per heavy atom. The van der Waals surface area contributed by atoms with E-state index in [0.717, 1.165) is 6.26 Å². The Balaban J connectivity index is 1.78. The van der Waals surface area contributed by atoms with Gasteiger partial charge >= 0.3 is 0 Å². The van der Waals surface area contributed by atoms with Gasteiger partial charge in [-0.2, -0.15) is 0 Å². The Labute approximate surface area is 163 Å². The third kappa shape index (κ3) is 4.46. The molecule has 0 aliphatic heterocycles. The topological polar surface area (TPSA) is 115 Å². The molecule has 0 unspecified atom stereocenters. The molecule has 2 aromatic carbocycles. The summed E-state index contributed by atoms with van der Waals surface area (Å²) in [7, 11) is -5.65. The highest BCUT2D eigenvalue weighted by atomic mass is 32.2. The number of anilines is 1. The Kier molecular flexibility index (Phi) is 5.34. The molecular weight excluding hydrogens is 402 g/mol. The number of nitrogens with one attached hydrogen (secondary N) is 1. The summed E-state index contributed by atoms with van der Waals surface area (Å²) in [6.45, 7) is 0. The lowest BCUT2D eigenvalue weighted by atomic mass is 10.1. The summed E-state index contributed by atoms with van der Waals surface area (Å²) in [6, 6.07) is 15.4. The number of methoxy groups -OCH3 is 1. The second-order valence-electron chi connectivity index (χ2n) is 5.89. The maximum atomic E-state index is 12.5. The molecule has 28 heavy (non-hydrogen) atoms. The van der Waals surface area contributed by atoms with Gasteiger partial charge in [0.2, 0.25) is 0 Å². The fourth-order valence-electron chi connectivity index (χ4n) is 2.35. The van der Waals surface area contributed by atoms with E-state index in [9.17, 15) is 16.8 Å².